The summed E-state index contributed by atoms with van der Waals surface area (Å²) >= 11 is 0. The van der Waals surface area contributed by atoms with E-state index in [1.165, 1.54) is 11.3 Å². The second-order valence-electron chi connectivity index (χ2n) is 8.47. The third-order valence-corrected chi connectivity index (χ3v) is 6.39. The van der Waals surface area contributed by atoms with Crippen LogP contribution in [-0.2, 0) is 9.47 Å². The molecule has 1 saturated heterocycles. The fraction of sp³-hybridized carbons (Fsp3) is 0.333. The summed E-state index contributed by atoms with van der Waals surface area (Å²) < 4.78 is 11.8. The summed E-state index contributed by atoms with van der Waals surface area (Å²) in [5.41, 5.74) is 6.45. The number of benzene rings is 2. The van der Waals surface area contributed by atoms with Crippen molar-refractivity contribution in [3.8, 4) is 0 Å². The van der Waals surface area contributed by atoms with Gasteiger partial charge in [0.25, 0.3) is 0 Å². The SMILES string of the molecule is Cc1cc(N=C(c2ccccc2)c2ccccc2)cnc1C1CCC2(CC1)OCCO2. The molecule has 158 valence electrons. The molecule has 3 aromatic rings. The zero-order chi connectivity index (χ0) is 21.1. The number of hydrogen-bond acceptors (Lipinski definition) is 4. The molecule has 1 aliphatic heterocycles. The standard InChI is InChI=1S/C27H28N2O2/c1-20-18-24(19-28-25(20)23-12-14-27(15-13-23)30-16-17-31-27)29-26(21-8-4-2-5-9-21)22-10-6-3-7-11-22/h2-11,18-19,23H,12-17H2,1H3. The van der Waals surface area contributed by atoms with Gasteiger partial charge in [0.1, 0.15) is 0 Å². The number of nitrogens with zero attached hydrogens (tertiary/aromatic N) is 2. The van der Waals surface area contributed by atoms with Crippen molar-refractivity contribution in [3.05, 3.63) is 95.3 Å². The fourth-order valence-electron chi connectivity index (χ4n) is 4.79. The van der Waals surface area contributed by atoms with E-state index < -0.39 is 0 Å². The highest BCUT2D eigenvalue weighted by atomic mass is 16.7. The van der Waals surface area contributed by atoms with Crippen LogP contribution in [0.4, 0.5) is 5.69 Å². The number of hydrogen-bond donors (Lipinski definition) is 0. The summed E-state index contributed by atoms with van der Waals surface area (Å²) in [5, 5.41) is 0. The van der Waals surface area contributed by atoms with Gasteiger partial charge in [-0.15, -0.1) is 0 Å². The Labute approximate surface area is 184 Å². The van der Waals surface area contributed by atoms with E-state index in [-0.39, 0.29) is 5.79 Å². The smallest absolute Gasteiger partial charge is 0.168 e. The van der Waals surface area contributed by atoms with E-state index in [0.29, 0.717) is 5.92 Å². The average molecular weight is 413 g/mol. The summed E-state index contributed by atoms with van der Waals surface area (Å²) in [6.07, 6.45) is 5.92. The lowest BCUT2D eigenvalue weighted by Crippen LogP contribution is -2.34. The molecule has 2 aromatic carbocycles. The van der Waals surface area contributed by atoms with Crippen LogP contribution in [0, 0.1) is 6.92 Å². The lowest BCUT2D eigenvalue weighted by atomic mass is 9.82. The molecule has 0 atom stereocenters. The van der Waals surface area contributed by atoms with Crippen LogP contribution >= 0.6 is 0 Å². The quantitative estimate of drug-likeness (QED) is 0.497. The Bertz CT molecular complexity index is 1010. The molecule has 1 aliphatic carbocycles. The van der Waals surface area contributed by atoms with Crippen molar-refractivity contribution in [1.29, 1.82) is 0 Å². The first-order valence-corrected chi connectivity index (χ1v) is 11.2. The minimum Gasteiger partial charge on any atom is -0.348 e. The lowest BCUT2D eigenvalue weighted by Gasteiger charge is -2.35. The molecule has 2 aliphatic rings. The second kappa shape index (κ2) is 8.74. The number of aliphatic imine (C=N–C) groups is 1. The van der Waals surface area contributed by atoms with Crippen LogP contribution in [-0.4, -0.2) is 29.7 Å². The molecule has 5 rings (SSSR count). The molecule has 0 unspecified atom stereocenters. The van der Waals surface area contributed by atoms with E-state index in [4.69, 9.17) is 19.5 Å². The molecular formula is C27H28N2O2. The van der Waals surface area contributed by atoms with Crippen LogP contribution in [0.15, 0.2) is 77.9 Å². The molecule has 0 N–H and O–H groups in total. The molecule has 31 heavy (non-hydrogen) atoms. The monoisotopic (exact) mass is 412 g/mol. The molecule has 2 heterocycles. The molecule has 1 aromatic heterocycles. The molecule has 2 fully saturated rings. The Morgan fingerprint density at radius 2 is 1.48 bits per heavy atom. The summed E-state index contributed by atoms with van der Waals surface area (Å²) in [7, 11) is 0. The van der Waals surface area contributed by atoms with Gasteiger partial charge in [-0.05, 0) is 31.4 Å². The predicted octanol–water partition coefficient (Wildman–Crippen LogP) is 5.96. The molecule has 0 radical (unpaired) electrons. The van der Waals surface area contributed by atoms with Gasteiger partial charge in [-0.2, -0.15) is 0 Å². The molecular weight excluding hydrogens is 384 g/mol. The van der Waals surface area contributed by atoms with Crippen molar-refractivity contribution in [2.45, 2.75) is 44.3 Å². The summed E-state index contributed by atoms with van der Waals surface area (Å²) in [6.45, 7) is 3.60. The fourth-order valence-corrected chi connectivity index (χ4v) is 4.79. The first-order valence-electron chi connectivity index (χ1n) is 11.2. The Kier molecular flexibility index (Phi) is 5.66. The van der Waals surface area contributed by atoms with Crippen molar-refractivity contribution in [3.63, 3.8) is 0 Å². The van der Waals surface area contributed by atoms with Crippen LogP contribution in [0.5, 0.6) is 0 Å². The lowest BCUT2D eigenvalue weighted by molar-refractivity contribution is -0.178. The van der Waals surface area contributed by atoms with E-state index in [9.17, 15) is 0 Å². The third kappa shape index (κ3) is 4.32. The van der Waals surface area contributed by atoms with Gasteiger partial charge in [0, 0.05) is 35.6 Å². The van der Waals surface area contributed by atoms with Gasteiger partial charge in [0.05, 0.1) is 30.8 Å². The Morgan fingerprint density at radius 3 is 2.03 bits per heavy atom. The number of ether oxygens (including phenoxy) is 2. The van der Waals surface area contributed by atoms with Gasteiger partial charge in [-0.25, -0.2) is 4.99 Å². The van der Waals surface area contributed by atoms with E-state index in [1.54, 1.807) is 0 Å². The van der Waals surface area contributed by atoms with E-state index >= 15 is 0 Å². The Morgan fingerprint density at radius 1 is 0.903 bits per heavy atom. The summed E-state index contributed by atoms with van der Waals surface area (Å²) in [5.74, 6) is 0.133. The van der Waals surface area contributed by atoms with Crippen LogP contribution in [0.1, 0.15) is 54.0 Å². The van der Waals surface area contributed by atoms with E-state index in [0.717, 1.165) is 61.4 Å². The molecule has 0 amide bonds. The number of rotatable bonds is 4. The van der Waals surface area contributed by atoms with Gasteiger partial charge in [0.15, 0.2) is 5.79 Å². The Balaban J connectivity index is 1.41. The van der Waals surface area contributed by atoms with E-state index in [2.05, 4.69) is 37.3 Å². The molecule has 1 spiro atoms. The second-order valence-corrected chi connectivity index (χ2v) is 8.47. The van der Waals surface area contributed by atoms with Crippen LogP contribution in [0.3, 0.4) is 0 Å². The maximum atomic E-state index is 5.88. The predicted molar refractivity (Wildman–Crippen MR) is 123 cm³/mol. The van der Waals surface area contributed by atoms with Gasteiger partial charge in [0.2, 0.25) is 0 Å². The largest absolute Gasteiger partial charge is 0.348 e. The van der Waals surface area contributed by atoms with E-state index in [1.807, 2.05) is 42.6 Å². The van der Waals surface area contributed by atoms with Crippen molar-refractivity contribution >= 4 is 11.4 Å². The third-order valence-electron chi connectivity index (χ3n) is 6.39. The number of pyridine rings is 1. The van der Waals surface area contributed by atoms with Crippen molar-refractivity contribution < 1.29 is 9.47 Å². The van der Waals surface area contributed by atoms with Crippen LogP contribution < -0.4 is 0 Å². The highest BCUT2D eigenvalue weighted by molar-refractivity contribution is 6.13. The highest BCUT2D eigenvalue weighted by Gasteiger charge is 2.41. The van der Waals surface area contributed by atoms with Crippen molar-refractivity contribution in [2.24, 2.45) is 4.99 Å². The van der Waals surface area contributed by atoms with Gasteiger partial charge < -0.3 is 9.47 Å². The van der Waals surface area contributed by atoms with Gasteiger partial charge in [-0.3, -0.25) is 4.98 Å². The zero-order valence-electron chi connectivity index (χ0n) is 18.0. The first kappa shape index (κ1) is 20.1. The maximum Gasteiger partial charge on any atom is 0.168 e. The normalized spacial score (nSPS) is 18.2. The summed E-state index contributed by atoms with van der Waals surface area (Å²) in [6, 6.07) is 22.8. The molecule has 0 bridgehead atoms. The molecule has 4 heteroatoms. The Hall–Kier alpha value is -2.82. The zero-order valence-corrected chi connectivity index (χ0v) is 18.0. The minimum atomic E-state index is -0.324. The summed E-state index contributed by atoms with van der Waals surface area (Å²) in [4.78, 5) is 9.89. The molecule has 1 saturated carbocycles. The topological polar surface area (TPSA) is 43.7 Å². The average Bonchev–Trinajstić information content (AvgIpc) is 3.27. The van der Waals surface area contributed by atoms with Crippen LogP contribution in [0.25, 0.3) is 0 Å². The van der Waals surface area contributed by atoms with Gasteiger partial charge >= 0.3 is 0 Å². The van der Waals surface area contributed by atoms with Crippen molar-refractivity contribution in [1.82, 2.24) is 4.98 Å². The maximum absolute atomic E-state index is 5.88. The number of aryl methyl sites for hydroxylation is 1. The minimum absolute atomic E-state index is 0.324. The van der Waals surface area contributed by atoms with Crippen LogP contribution in [0.2, 0.25) is 0 Å². The molecule has 4 nitrogen and oxygen atoms in total. The highest BCUT2D eigenvalue weighted by Crippen LogP contribution is 2.42. The van der Waals surface area contributed by atoms with Crippen molar-refractivity contribution in [2.75, 3.05) is 13.2 Å². The van der Waals surface area contributed by atoms with Gasteiger partial charge in [-0.1, -0.05) is 60.7 Å². The number of aromatic nitrogens is 1. The first-order chi connectivity index (χ1) is 15.2.